The Morgan fingerprint density at radius 2 is 1.71 bits per heavy atom. The zero-order chi connectivity index (χ0) is 14.5. The molecule has 3 rings (SSSR count). The Kier molecular flexibility index (Phi) is 4.12. The summed E-state index contributed by atoms with van der Waals surface area (Å²) in [7, 11) is 0. The number of benzene rings is 1. The zero-order valence-electron chi connectivity index (χ0n) is 11.3. The second-order valence-electron chi connectivity index (χ2n) is 4.60. The number of pyridine rings is 2. The normalized spacial score (nSPS) is 11.9. The molecule has 104 valence electrons. The van der Waals surface area contributed by atoms with Gasteiger partial charge < -0.3 is 5.32 Å². The average Bonchev–Trinajstić information content (AvgIpc) is 2.56. The molecule has 1 atom stereocenters. The van der Waals surface area contributed by atoms with E-state index in [4.69, 9.17) is 11.6 Å². The number of nitrogens with zero attached hydrogens (tertiary/aromatic N) is 2. The third kappa shape index (κ3) is 3.20. The van der Waals surface area contributed by atoms with E-state index in [-0.39, 0.29) is 6.04 Å². The third-order valence-electron chi connectivity index (χ3n) is 3.19. The number of anilines is 1. The van der Waals surface area contributed by atoms with E-state index in [1.807, 2.05) is 42.5 Å². The first-order chi connectivity index (χ1) is 10.3. The Labute approximate surface area is 128 Å². The molecule has 2 heterocycles. The quantitative estimate of drug-likeness (QED) is 0.778. The van der Waals surface area contributed by atoms with Crippen LogP contribution < -0.4 is 5.32 Å². The number of nitrogens with one attached hydrogen (secondary N) is 1. The monoisotopic (exact) mass is 295 g/mol. The van der Waals surface area contributed by atoms with Gasteiger partial charge in [0.05, 0.1) is 22.4 Å². The Morgan fingerprint density at radius 3 is 2.43 bits per heavy atom. The molecule has 2 aromatic heterocycles. The number of rotatable bonds is 4. The van der Waals surface area contributed by atoms with Gasteiger partial charge in [-0.2, -0.15) is 0 Å². The van der Waals surface area contributed by atoms with E-state index in [2.05, 4.69) is 27.4 Å². The van der Waals surface area contributed by atoms with Crippen LogP contribution in [0.5, 0.6) is 0 Å². The molecule has 0 aliphatic carbocycles. The minimum absolute atomic E-state index is 0.0627. The molecule has 21 heavy (non-hydrogen) atoms. The predicted molar refractivity (Wildman–Crippen MR) is 85.4 cm³/mol. The van der Waals surface area contributed by atoms with Gasteiger partial charge in [-0.1, -0.05) is 48.0 Å². The fourth-order valence-electron chi connectivity index (χ4n) is 2.17. The number of halogens is 1. The Bertz CT molecular complexity index is 662. The van der Waals surface area contributed by atoms with Crippen LogP contribution in [0.1, 0.15) is 17.3 Å². The molecule has 0 spiro atoms. The molecule has 3 aromatic rings. The summed E-state index contributed by atoms with van der Waals surface area (Å²) in [4.78, 5) is 8.47. The van der Waals surface area contributed by atoms with Crippen molar-refractivity contribution in [2.75, 3.05) is 5.32 Å². The largest absolute Gasteiger partial charge is 0.371 e. The fourth-order valence-corrected chi connectivity index (χ4v) is 2.34. The van der Waals surface area contributed by atoms with Crippen LogP contribution in [0.4, 0.5) is 5.69 Å². The van der Waals surface area contributed by atoms with Crippen molar-refractivity contribution in [3.63, 3.8) is 0 Å². The Morgan fingerprint density at radius 1 is 0.905 bits per heavy atom. The van der Waals surface area contributed by atoms with E-state index < -0.39 is 0 Å². The number of hydrogen-bond donors (Lipinski definition) is 1. The van der Waals surface area contributed by atoms with E-state index in [0.717, 1.165) is 16.9 Å². The maximum absolute atomic E-state index is 6.20. The lowest BCUT2D eigenvalue weighted by atomic mass is 10.0. The van der Waals surface area contributed by atoms with Crippen LogP contribution in [0.15, 0.2) is 73.2 Å². The molecule has 0 saturated carbocycles. The molecular weight excluding hydrogens is 282 g/mol. The van der Waals surface area contributed by atoms with Gasteiger partial charge in [-0.3, -0.25) is 9.97 Å². The lowest BCUT2D eigenvalue weighted by molar-refractivity contribution is 0.886. The summed E-state index contributed by atoms with van der Waals surface area (Å²) in [5, 5.41) is 4.04. The predicted octanol–water partition coefficient (Wildman–Crippen LogP) is 4.33. The summed E-state index contributed by atoms with van der Waals surface area (Å²) in [5.74, 6) is 0. The lowest BCUT2D eigenvalue weighted by Crippen LogP contribution is -2.14. The van der Waals surface area contributed by atoms with Crippen LogP contribution in [0.3, 0.4) is 0 Å². The minimum Gasteiger partial charge on any atom is -0.371 e. The van der Waals surface area contributed by atoms with Gasteiger partial charge in [0.25, 0.3) is 0 Å². The van der Waals surface area contributed by atoms with Gasteiger partial charge in [-0.25, -0.2) is 0 Å². The molecule has 0 radical (unpaired) electrons. The van der Waals surface area contributed by atoms with Gasteiger partial charge in [0.2, 0.25) is 0 Å². The molecule has 0 amide bonds. The highest BCUT2D eigenvalue weighted by molar-refractivity contribution is 6.33. The van der Waals surface area contributed by atoms with Crippen LogP contribution in [-0.2, 0) is 0 Å². The molecule has 0 aliphatic heterocycles. The summed E-state index contributed by atoms with van der Waals surface area (Å²) in [6.07, 6.45) is 5.14. The first kappa shape index (κ1) is 13.6. The fraction of sp³-hybridized carbons (Fsp3) is 0.0588. The third-order valence-corrected chi connectivity index (χ3v) is 3.49. The van der Waals surface area contributed by atoms with Crippen molar-refractivity contribution < 1.29 is 0 Å². The van der Waals surface area contributed by atoms with Gasteiger partial charge in [-0.15, -0.1) is 0 Å². The van der Waals surface area contributed by atoms with Crippen LogP contribution in [0, 0.1) is 0 Å². The van der Waals surface area contributed by atoms with Crippen molar-refractivity contribution in [3.8, 4) is 0 Å². The van der Waals surface area contributed by atoms with Crippen LogP contribution in [0.25, 0.3) is 0 Å². The van der Waals surface area contributed by atoms with Crippen molar-refractivity contribution >= 4 is 17.3 Å². The second kappa shape index (κ2) is 6.37. The molecule has 0 saturated heterocycles. The van der Waals surface area contributed by atoms with Crippen molar-refractivity contribution in [3.05, 3.63) is 89.5 Å². The summed E-state index contributed by atoms with van der Waals surface area (Å²) < 4.78 is 0. The van der Waals surface area contributed by atoms with E-state index in [1.54, 1.807) is 18.6 Å². The van der Waals surface area contributed by atoms with Gasteiger partial charge in [0.15, 0.2) is 0 Å². The van der Waals surface area contributed by atoms with E-state index in [1.165, 1.54) is 0 Å². The summed E-state index contributed by atoms with van der Waals surface area (Å²) in [6, 6.07) is 17.9. The molecule has 3 nitrogen and oxygen atoms in total. The molecule has 1 aromatic carbocycles. The van der Waals surface area contributed by atoms with E-state index in [9.17, 15) is 0 Å². The van der Waals surface area contributed by atoms with E-state index in [0.29, 0.717) is 5.02 Å². The molecule has 0 bridgehead atoms. The smallest absolute Gasteiger partial charge is 0.0940 e. The van der Waals surface area contributed by atoms with Gasteiger partial charge in [0, 0.05) is 18.6 Å². The SMILES string of the molecule is Clc1cnccc1NC(c1ccccc1)c1ccccn1. The first-order valence-corrected chi connectivity index (χ1v) is 7.04. The van der Waals surface area contributed by atoms with Crippen molar-refractivity contribution in [2.45, 2.75) is 6.04 Å². The highest BCUT2D eigenvalue weighted by Gasteiger charge is 2.16. The first-order valence-electron chi connectivity index (χ1n) is 6.66. The zero-order valence-corrected chi connectivity index (χ0v) is 12.0. The average molecular weight is 296 g/mol. The maximum atomic E-state index is 6.20. The van der Waals surface area contributed by atoms with Crippen molar-refractivity contribution in [1.82, 2.24) is 9.97 Å². The molecular formula is C17H14ClN3. The molecule has 0 fully saturated rings. The summed E-state index contributed by atoms with van der Waals surface area (Å²) in [5.41, 5.74) is 2.91. The number of aromatic nitrogens is 2. The highest BCUT2D eigenvalue weighted by Crippen LogP contribution is 2.28. The molecule has 1 unspecified atom stereocenters. The lowest BCUT2D eigenvalue weighted by Gasteiger charge is -2.20. The summed E-state index contributed by atoms with van der Waals surface area (Å²) in [6.45, 7) is 0. The summed E-state index contributed by atoms with van der Waals surface area (Å²) >= 11 is 6.20. The Hall–Kier alpha value is -2.39. The number of hydrogen-bond acceptors (Lipinski definition) is 3. The van der Waals surface area contributed by atoms with Crippen molar-refractivity contribution in [1.29, 1.82) is 0 Å². The minimum atomic E-state index is -0.0627. The molecule has 4 heteroatoms. The second-order valence-corrected chi connectivity index (χ2v) is 5.01. The van der Waals surface area contributed by atoms with Crippen molar-refractivity contribution in [2.24, 2.45) is 0 Å². The standard InChI is InChI=1S/C17H14ClN3/c18-14-12-19-11-9-15(14)21-17(13-6-2-1-3-7-13)16-8-4-5-10-20-16/h1-12,17H,(H,19,21). The highest BCUT2D eigenvalue weighted by atomic mass is 35.5. The van der Waals surface area contributed by atoms with Crippen LogP contribution in [0.2, 0.25) is 5.02 Å². The Balaban J connectivity index is 1.99. The van der Waals surface area contributed by atoms with Gasteiger partial charge >= 0.3 is 0 Å². The maximum Gasteiger partial charge on any atom is 0.0940 e. The van der Waals surface area contributed by atoms with E-state index >= 15 is 0 Å². The topological polar surface area (TPSA) is 37.8 Å². The van der Waals surface area contributed by atoms with Gasteiger partial charge in [-0.05, 0) is 23.8 Å². The molecule has 0 aliphatic rings. The van der Waals surface area contributed by atoms with Crippen LogP contribution >= 0.6 is 11.6 Å². The van der Waals surface area contributed by atoms with Crippen LogP contribution in [-0.4, -0.2) is 9.97 Å². The molecule has 1 N–H and O–H groups in total. The van der Waals surface area contributed by atoms with Gasteiger partial charge in [0.1, 0.15) is 0 Å².